The van der Waals surface area contributed by atoms with E-state index in [1.807, 2.05) is 13.8 Å². The number of aryl methyl sites for hydroxylation is 2. The standard InChI is InChI=1S/C27H30ClN3O5S/c1-19-9-12-22(17-20(19)2)31(37(34,35)23-13-10-21(28)11-14-23)18-26(32)30-25-8-5-4-7-24(25)27(33)29-15-6-16-36-3/h4-5,7-14,17H,6,15-16,18H2,1-3H3,(H,29,33)(H,30,32). The number of sulfonamides is 1. The lowest BCUT2D eigenvalue weighted by atomic mass is 10.1. The van der Waals surface area contributed by atoms with E-state index in [0.29, 0.717) is 30.3 Å². The summed E-state index contributed by atoms with van der Waals surface area (Å²) in [7, 11) is -2.52. The Kier molecular flexibility index (Phi) is 9.68. The minimum absolute atomic E-state index is 0.00114. The van der Waals surface area contributed by atoms with Gasteiger partial charge in [0.05, 0.1) is 21.8 Å². The molecule has 0 radical (unpaired) electrons. The second-order valence-corrected chi connectivity index (χ2v) is 10.7. The predicted molar refractivity (Wildman–Crippen MR) is 146 cm³/mol. The van der Waals surface area contributed by atoms with Crippen LogP contribution in [0.3, 0.4) is 0 Å². The van der Waals surface area contributed by atoms with Gasteiger partial charge in [-0.3, -0.25) is 13.9 Å². The molecule has 0 aliphatic carbocycles. The van der Waals surface area contributed by atoms with Gasteiger partial charge in [-0.05, 0) is 79.9 Å². The summed E-state index contributed by atoms with van der Waals surface area (Å²) in [6, 6.07) is 17.5. The number of nitrogens with one attached hydrogen (secondary N) is 2. The number of ether oxygens (including phenoxy) is 1. The lowest BCUT2D eigenvalue weighted by Gasteiger charge is -2.25. The molecule has 0 unspecified atom stereocenters. The highest BCUT2D eigenvalue weighted by Gasteiger charge is 2.28. The van der Waals surface area contributed by atoms with Gasteiger partial charge in [0.2, 0.25) is 5.91 Å². The number of anilines is 2. The summed E-state index contributed by atoms with van der Waals surface area (Å²) in [5.41, 5.74) is 2.76. The SMILES string of the molecule is COCCCNC(=O)c1ccccc1NC(=O)CN(c1ccc(C)c(C)c1)S(=O)(=O)c1ccc(Cl)cc1. The fraction of sp³-hybridized carbons (Fsp3) is 0.259. The van der Waals surface area contributed by atoms with Crippen LogP contribution in [0.1, 0.15) is 27.9 Å². The number of carbonyl (C=O) groups is 2. The number of amides is 2. The Hall–Kier alpha value is -3.40. The number of hydrogen-bond donors (Lipinski definition) is 2. The van der Waals surface area contributed by atoms with Crippen molar-refractivity contribution in [2.24, 2.45) is 0 Å². The third-order valence-electron chi connectivity index (χ3n) is 5.72. The van der Waals surface area contributed by atoms with E-state index < -0.39 is 22.5 Å². The average molecular weight is 544 g/mol. The van der Waals surface area contributed by atoms with Crippen molar-refractivity contribution in [3.8, 4) is 0 Å². The molecule has 2 amide bonds. The minimum atomic E-state index is -4.11. The van der Waals surface area contributed by atoms with Crippen molar-refractivity contribution >= 4 is 44.8 Å². The van der Waals surface area contributed by atoms with Crippen LogP contribution in [-0.2, 0) is 19.6 Å². The van der Waals surface area contributed by atoms with Crippen molar-refractivity contribution in [1.29, 1.82) is 0 Å². The molecular formula is C27H30ClN3O5S. The summed E-state index contributed by atoms with van der Waals surface area (Å²) in [6.45, 7) is 4.20. The summed E-state index contributed by atoms with van der Waals surface area (Å²) in [4.78, 5) is 25.8. The first-order valence-corrected chi connectivity index (χ1v) is 13.5. The molecule has 3 aromatic rings. The van der Waals surface area contributed by atoms with Gasteiger partial charge in [-0.25, -0.2) is 8.42 Å². The Bertz CT molecular complexity index is 1360. The van der Waals surface area contributed by atoms with Gasteiger partial charge >= 0.3 is 0 Å². The fourth-order valence-electron chi connectivity index (χ4n) is 3.55. The maximum Gasteiger partial charge on any atom is 0.264 e. The molecule has 3 aromatic carbocycles. The molecule has 0 fully saturated rings. The van der Waals surface area contributed by atoms with Crippen molar-refractivity contribution in [1.82, 2.24) is 5.32 Å². The van der Waals surface area contributed by atoms with Gasteiger partial charge in [-0.15, -0.1) is 0 Å². The van der Waals surface area contributed by atoms with E-state index in [1.165, 1.54) is 24.3 Å². The number of methoxy groups -OCH3 is 1. The molecular weight excluding hydrogens is 514 g/mol. The van der Waals surface area contributed by atoms with Crippen LogP contribution in [0.25, 0.3) is 0 Å². The van der Waals surface area contributed by atoms with E-state index in [2.05, 4.69) is 10.6 Å². The number of halogens is 1. The lowest BCUT2D eigenvalue weighted by Crippen LogP contribution is -2.38. The normalized spacial score (nSPS) is 11.1. The third kappa shape index (κ3) is 7.31. The van der Waals surface area contributed by atoms with Crippen molar-refractivity contribution in [2.45, 2.75) is 25.2 Å². The fourth-order valence-corrected chi connectivity index (χ4v) is 5.09. The zero-order chi connectivity index (χ0) is 27.0. The molecule has 37 heavy (non-hydrogen) atoms. The molecule has 0 aliphatic rings. The summed E-state index contributed by atoms with van der Waals surface area (Å²) in [5, 5.41) is 5.88. The van der Waals surface area contributed by atoms with Gasteiger partial charge in [-0.2, -0.15) is 0 Å². The molecule has 0 bridgehead atoms. The Morgan fingerprint density at radius 2 is 1.68 bits per heavy atom. The molecule has 0 atom stereocenters. The molecule has 0 aromatic heterocycles. The number of rotatable bonds is 11. The topological polar surface area (TPSA) is 105 Å². The van der Waals surface area contributed by atoms with E-state index in [9.17, 15) is 18.0 Å². The highest BCUT2D eigenvalue weighted by molar-refractivity contribution is 7.92. The highest BCUT2D eigenvalue weighted by atomic mass is 35.5. The summed E-state index contributed by atoms with van der Waals surface area (Å²) < 4.78 is 33.2. The third-order valence-corrected chi connectivity index (χ3v) is 7.76. The first-order chi connectivity index (χ1) is 17.6. The lowest BCUT2D eigenvalue weighted by molar-refractivity contribution is -0.114. The Balaban J connectivity index is 1.88. The maximum absolute atomic E-state index is 13.6. The van der Waals surface area contributed by atoms with Gasteiger partial charge in [0, 0.05) is 25.3 Å². The Morgan fingerprint density at radius 1 is 0.973 bits per heavy atom. The van der Waals surface area contributed by atoms with Crippen LogP contribution in [0.15, 0.2) is 71.6 Å². The molecule has 0 spiro atoms. The number of para-hydroxylation sites is 1. The van der Waals surface area contributed by atoms with E-state index in [1.54, 1.807) is 49.6 Å². The van der Waals surface area contributed by atoms with E-state index in [-0.39, 0.29) is 22.1 Å². The second-order valence-electron chi connectivity index (χ2n) is 8.43. The van der Waals surface area contributed by atoms with Crippen LogP contribution in [0.4, 0.5) is 11.4 Å². The summed E-state index contributed by atoms with van der Waals surface area (Å²) in [6.07, 6.45) is 0.643. The minimum Gasteiger partial charge on any atom is -0.385 e. The molecule has 0 aliphatic heterocycles. The van der Waals surface area contributed by atoms with Crippen LogP contribution in [0.5, 0.6) is 0 Å². The summed E-state index contributed by atoms with van der Waals surface area (Å²) >= 11 is 5.95. The molecule has 8 nitrogen and oxygen atoms in total. The zero-order valence-electron chi connectivity index (χ0n) is 21.0. The van der Waals surface area contributed by atoms with Crippen molar-refractivity contribution in [3.63, 3.8) is 0 Å². The van der Waals surface area contributed by atoms with Gasteiger partial charge in [0.15, 0.2) is 0 Å². The summed E-state index contributed by atoms with van der Waals surface area (Å²) in [5.74, 6) is -0.956. The number of carbonyl (C=O) groups excluding carboxylic acids is 2. The molecule has 0 heterocycles. The van der Waals surface area contributed by atoms with E-state index in [0.717, 1.165) is 15.4 Å². The highest BCUT2D eigenvalue weighted by Crippen LogP contribution is 2.27. The van der Waals surface area contributed by atoms with Crippen LogP contribution >= 0.6 is 11.6 Å². The molecule has 3 rings (SSSR count). The Morgan fingerprint density at radius 3 is 2.35 bits per heavy atom. The molecule has 196 valence electrons. The molecule has 0 saturated heterocycles. The van der Waals surface area contributed by atoms with Crippen LogP contribution in [0, 0.1) is 13.8 Å². The largest absolute Gasteiger partial charge is 0.385 e. The number of benzene rings is 3. The van der Waals surface area contributed by atoms with Crippen LogP contribution < -0.4 is 14.9 Å². The van der Waals surface area contributed by atoms with Gasteiger partial charge in [0.1, 0.15) is 6.54 Å². The monoisotopic (exact) mass is 543 g/mol. The molecule has 10 heteroatoms. The molecule has 0 saturated carbocycles. The van der Waals surface area contributed by atoms with Crippen LogP contribution in [-0.4, -0.2) is 47.0 Å². The number of nitrogens with zero attached hydrogens (tertiary/aromatic N) is 1. The van der Waals surface area contributed by atoms with Crippen molar-refractivity contribution in [2.75, 3.05) is 36.4 Å². The van der Waals surface area contributed by atoms with E-state index >= 15 is 0 Å². The van der Waals surface area contributed by atoms with Gasteiger partial charge in [-0.1, -0.05) is 29.8 Å². The quantitative estimate of drug-likeness (QED) is 0.345. The zero-order valence-corrected chi connectivity index (χ0v) is 22.5. The van der Waals surface area contributed by atoms with Gasteiger partial charge < -0.3 is 15.4 Å². The van der Waals surface area contributed by atoms with Crippen molar-refractivity contribution in [3.05, 3.63) is 88.4 Å². The smallest absolute Gasteiger partial charge is 0.264 e. The Labute approximate surface area is 222 Å². The van der Waals surface area contributed by atoms with E-state index in [4.69, 9.17) is 16.3 Å². The molecule has 2 N–H and O–H groups in total. The first kappa shape index (κ1) is 28.2. The predicted octanol–water partition coefficient (Wildman–Crippen LogP) is 4.56. The van der Waals surface area contributed by atoms with Crippen LogP contribution in [0.2, 0.25) is 5.02 Å². The number of hydrogen-bond acceptors (Lipinski definition) is 5. The van der Waals surface area contributed by atoms with Crippen molar-refractivity contribution < 1.29 is 22.7 Å². The second kappa shape index (κ2) is 12.7. The maximum atomic E-state index is 13.6. The van der Waals surface area contributed by atoms with Gasteiger partial charge in [0.25, 0.3) is 15.9 Å². The average Bonchev–Trinajstić information content (AvgIpc) is 2.87. The first-order valence-electron chi connectivity index (χ1n) is 11.6.